The molecule has 3 rings (SSSR count). The number of nitriles is 1. The number of likely N-dealkylation sites (tertiary alicyclic amines) is 1. The molecule has 1 aromatic carbocycles. The highest BCUT2D eigenvalue weighted by Gasteiger charge is 2.49. The molecule has 2 aliphatic rings. The molecule has 32 heavy (non-hydrogen) atoms. The Morgan fingerprint density at radius 2 is 2.03 bits per heavy atom. The molecule has 2 aliphatic heterocycles. The predicted octanol–water partition coefficient (Wildman–Crippen LogP) is 2.28. The number of benzene rings is 1. The van der Waals surface area contributed by atoms with Crippen LogP contribution in [-0.4, -0.2) is 75.6 Å². The number of aliphatic hydroxyl groups is 1. The first-order valence-electron chi connectivity index (χ1n) is 10.6. The van der Waals surface area contributed by atoms with E-state index in [4.69, 9.17) is 14.7 Å². The average Bonchev–Trinajstić information content (AvgIpc) is 3.14. The van der Waals surface area contributed by atoms with Crippen molar-refractivity contribution in [3.8, 4) is 6.07 Å². The molecule has 1 amide bonds. The molecular formula is C22H28F3N3O4. The maximum absolute atomic E-state index is 13.3. The quantitative estimate of drug-likeness (QED) is 0.635. The van der Waals surface area contributed by atoms with E-state index in [2.05, 4.69) is 0 Å². The lowest BCUT2D eigenvalue weighted by Gasteiger charge is -2.43. The minimum Gasteiger partial charge on any atom is -0.396 e. The molecule has 2 heterocycles. The molecule has 1 N–H and O–H groups in total. The predicted molar refractivity (Wildman–Crippen MR) is 110 cm³/mol. The van der Waals surface area contributed by atoms with Crippen LogP contribution < -0.4 is 4.90 Å². The van der Waals surface area contributed by atoms with E-state index in [9.17, 15) is 23.1 Å². The zero-order chi connectivity index (χ0) is 23.4. The molecule has 176 valence electrons. The standard InChI is InChI=1S/C22H28F3N3O4/c1-31-8-9-32-14-20(30)28-12-17(13-29)21(15-28)4-6-27(7-5-21)18-3-2-16(11-26)19(10-18)22(23,24)25/h2-3,10,17,29H,4-9,12-15H2,1H3. The van der Waals surface area contributed by atoms with E-state index >= 15 is 0 Å². The summed E-state index contributed by atoms with van der Waals surface area (Å²) in [6.07, 6.45) is -3.31. The van der Waals surface area contributed by atoms with Gasteiger partial charge in [-0.2, -0.15) is 18.4 Å². The van der Waals surface area contributed by atoms with Crippen LogP contribution in [0.25, 0.3) is 0 Å². The number of halogens is 3. The number of amides is 1. The molecule has 1 atom stereocenters. The number of anilines is 1. The van der Waals surface area contributed by atoms with E-state index < -0.39 is 17.3 Å². The highest BCUT2D eigenvalue weighted by atomic mass is 19.4. The van der Waals surface area contributed by atoms with Crippen LogP contribution in [-0.2, 0) is 20.4 Å². The van der Waals surface area contributed by atoms with Crippen LogP contribution in [0.5, 0.6) is 0 Å². The van der Waals surface area contributed by atoms with Crippen molar-refractivity contribution in [1.29, 1.82) is 5.26 Å². The van der Waals surface area contributed by atoms with Gasteiger partial charge in [0.15, 0.2) is 0 Å². The number of nitrogens with zero attached hydrogens (tertiary/aromatic N) is 3. The van der Waals surface area contributed by atoms with Gasteiger partial charge < -0.3 is 24.4 Å². The van der Waals surface area contributed by atoms with Crippen LogP contribution in [0.1, 0.15) is 24.0 Å². The molecule has 0 saturated carbocycles. The van der Waals surface area contributed by atoms with E-state index in [0.29, 0.717) is 57.9 Å². The number of piperidine rings is 1. The number of ether oxygens (including phenoxy) is 2. The molecule has 1 spiro atoms. The summed E-state index contributed by atoms with van der Waals surface area (Å²) in [5.41, 5.74) is -1.18. The van der Waals surface area contributed by atoms with Crippen LogP contribution in [0.2, 0.25) is 0 Å². The monoisotopic (exact) mass is 455 g/mol. The Bertz CT molecular complexity index is 848. The summed E-state index contributed by atoms with van der Waals surface area (Å²) in [5, 5.41) is 18.9. The summed E-state index contributed by atoms with van der Waals surface area (Å²) < 4.78 is 50.2. The van der Waals surface area contributed by atoms with Gasteiger partial charge in [0.2, 0.25) is 5.91 Å². The van der Waals surface area contributed by atoms with Gasteiger partial charge in [-0.05, 0) is 36.5 Å². The van der Waals surface area contributed by atoms with Gasteiger partial charge in [-0.25, -0.2) is 0 Å². The van der Waals surface area contributed by atoms with Crippen molar-refractivity contribution < 1.29 is 32.5 Å². The van der Waals surface area contributed by atoms with Crippen LogP contribution in [0.15, 0.2) is 18.2 Å². The van der Waals surface area contributed by atoms with E-state index in [1.807, 2.05) is 4.90 Å². The Kier molecular flexibility index (Phi) is 7.64. The second-order valence-electron chi connectivity index (χ2n) is 8.39. The Labute approximate surface area is 185 Å². The lowest BCUT2D eigenvalue weighted by Crippen LogP contribution is -2.45. The molecule has 2 fully saturated rings. The van der Waals surface area contributed by atoms with E-state index in [1.165, 1.54) is 12.1 Å². The highest BCUT2D eigenvalue weighted by Crippen LogP contribution is 2.45. The molecule has 7 nitrogen and oxygen atoms in total. The summed E-state index contributed by atoms with van der Waals surface area (Å²) >= 11 is 0. The molecule has 1 aromatic rings. The fourth-order valence-corrected chi connectivity index (χ4v) is 4.71. The fraction of sp³-hybridized carbons (Fsp3) is 0.636. The van der Waals surface area contributed by atoms with Crippen LogP contribution in [0.3, 0.4) is 0 Å². The summed E-state index contributed by atoms with van der Waals surface area (Å²) in [5.74, 6) is -0.222. The Hall–Kier alpha value is -2.35. The summed E-state index contributed by atoms with van der Waals surface area (Å²) in [4.78, 5) is 16.1. The smallest absolute Gasteiger partial charge is 0.396 e. The first-order chi connectivity index (χ1) is 15.2. The molecule has 0 aliphatic carbocycles. The fourth-order valence-electron chi connectivity index (χ4n) is 4.71. The Balaban J connectivity index is 1.66. The molecule has 0 radical (unpaired) electrons. The van der Waals surface area contributed by atoms with E-state index in [0.717, 1.165) is 6.07 Å². The molecule has 10 heteroatoms. The highest BCUT2D eigenvalue weighted by molar-refractivity contribution is 5.78. The van der Waals surface area contributed by atoms with Crippen LogP contribution in [0, 0.1) is 22.7 Å². The SMILES string of the molecule is COCCOCC(=O)N1CC(CO)C2(CCN(c3ccc(C#N)c(C(F)(F)F)c3)CC2)C1. The van der Waals surface area contributed by atoms with Crippen molar-refractivity contribution in [1.82, 2.24) is 4.90 Å². The van der Waals surface area contributed by atoms with Gasteiger partial charge in [0.1, 0.15) is 6.61 Å². The van der Waals surface area contributed by atoms with Gasteiger partial charge in [-0.1, -0.05) is 0 Å². The minimum absolute atomic E-state index is 0.0465. The number of carbonyl (C=O) groups excluding carboxylic acids is 1. The Morgan fingerprint density at radius 3 is 2.62 bits per heavy atom. The second kappa shape index (κ2) is 10.1. The third-order valence-electron chi connectivity index (χ3n) is 6.60. The normalized spacial score (nSPS) is 20.6. The maximum atomic E-state index is 13.3. The largest absolute Gasteiger partial charge is 0.417 e. The summed E-state index contributed by atoms with van der Waals surface area (Å²) in [6, 6.07) is 5.38. The maximum Gasteiger partial charge on any atom is 0.417 e. The molecular weight excluding hydrogens is 427 g/mol. The number of alkyl halides is 3. The van der Waals surface area contributed by atoms with Crippen molar-refractivity contribution in [3.63, 3.8) is 0 Å². The van der Waals surface area contributed by atoms with Crippen molar-refractivity contribution in [2.45, 2.75) is 19.0 Å². The second-order valence-corrected chi connectivity index (χ2v) is 8.39. The lowest BCUT2D eigenvalue weighted by atomic mass is 9.71. The zero-order valence-corrected chi connectivity index (χ0v) is 18.0. The average molecular weight is 455 g/mol. The van der Waals surface area contributed by atoms with Gasteiger partial charge in [0.25, 0.3) is 0 Å². The first-order valence-corrected chi connectivity index (χ1v) is 10.6. The number of hydrogen-bond acceptors (Lipinski definition) is 6. The third-order valence-corrected chi connectivity index (χ3v) is 6.60. The third kappa shape index (κ3) is 5.17. The van der Waals surface area contributed by atoms with Gasteiger partial charge in [-0.15, -0.1) is 0 Å². The zero-order valence-electron chi connectivity index (χ0n) is 18.0. The topological polar surface area (TPSA) is 86.0 Å². The minimum atomic E-state index is -4.60. The van der Waals surface area contributed by atoms with Gasteiger partial charge in [-0.3, -0.25) is 4.79 Å². The van der Waals surface area contributed by atoms with Crippen molar-refractivity contribution in [3.05, 3.63) is 29.3 Å². The van der Waals surface area contributed by atoms with Gasteiger partial charge in [0, 0.05) is 51.5 Å². The molecule has 0 aromatic heterocycles. The summed E-state index contributed by atoms with van der Waals surface area (Å²) in [6.45, 7) is 2.58. The number of rotatable bonds is 7. The van der Waals surface area contributed by atoms with Crippen molar-refractivity contribution >= 4 is 11.6 Å². The lowest BCUT2D eigenvalue weighted by molar-refractivity contribution is -0.138. The number of hydrogen-bond donors (Lipinski definition) is 1. The Morgan fingerprint density at radius 1 is 1.31 bits per heavy atom. The first kappa shape index (κ1) is 24.3. The number of carbonyl (C=O) groups is 1. The molecule has 0 bridgehead atoms. The van der Waals surface area contributed by atoms with Crippen molar-refractivity contribution in [2.75, 3.05) is 64.6 Å². The van der Waals surface area contributed by atoms with E-state index in [-0.39, 0.29) is 30.5 Å². The van der Waals surface area contributed by atoms with Crippen LogP contribution in [0.4, 0.5) is 18.9 Å². The molecule has 1 unspecified atom stereocenters. The van der Waals surface area contributed by atoms with Crippen LogP contribution >= 0.6 is 0 Å². The van der Waals surface area contributed by atoms with E-state index in [1.54, 1.807) is 18.1 Å². The van der Waals surface area contributed by atoms with Gasteiger partial charge in [0.05, 0.1) is 30.4 Å². The summed E-state index contributed by atoms with van der Waals surface area (Å²) in [7, 11) is 1.55. The number of methoxy groups -OCH3 is 1. The molecule has 2 saturated heterocycles. The van der Waals surface area contributed by atoms with Crippen molar-refractivity contribution in [2.24, 2.45) is 11.3 Å². The number of aliphatic hydroxyl groups excluding tert-OH is 1. The van der Waals surface area contributed by atoms with Gasteiger partial charge >= 0.3 is 6.18 Å².